The molecule has 3 nitrogen and oxygen atoms in total. The number of carbonyl (C=O) groups excluding carboxylic acids is 1. The van der Waals surface area contributed by atoms with Crippen molar-refractivity contribution in [1.82, 2.24) is 9.47 Å². The molecule has 1 aliphatic heterocycles. The molecule has 2 aromatic carbocycles. The highest BCUT2D eigenvalue weighted by Crippen LogP contribution is 2.25. The van der Waals surface area contributed by atoms with Gasteiger partial charge in [0.1, 0.15) is 0 Å². The van der Waals surface area contributed by atoms with E-state index in [0.717, 1.165) is 49.5 Å². The van der Waals surface area contributed by atoms with Gasteiger partial charge in [0.15, 0.2) is 0 Å². The van der Waals surface area contributed by atoms with Gasteiger partial charge in [-0.25, -0.2) is 0 Å². The first-order valence-electron chi connectivity index (χ1n) is 9.80. The molecule has 140 valence electrons. The molecule has 0 aliphatic carbocycles. The lowest BCUT2D eigenvalue weighted by atomic mass is 10.1. The van der Waals surface area contributed by atoms with Gasteiger partial charge in [0.05, 0.1) is 0 Å². The topological polar surface area (TPSA) is 25.2 Å². The largest absolute Gasteiger partial charge is 0.343 e. The molecule has 1 amide bonds. The fourth-order valence-corrected chi connectivity index (χ4v) is 4.20. The van der Waals surface area contributed by atoms with Crippen molar-refractivity contribution < 1.29 is 4.79 Å². The summed E-state index contributed by atoms with van der Waals surface area (Å²) in [7, 11) is 0. The predicted octanol–water partition coefficient (Wildman–Crippen LogP) is 5.29. The van der Waals surface area contributed by atoms with Crippen LogP contribution in [0.15, 0.2) is 54.7 Å². The summed E-state index contributed by atoms with van der Waals surface area (Å²) in [4.78, 5) is 14.6. The highest BCUT2D eigenvalue weighted by atomic mass is 35.5. The van der Waals surface area contributed by atoms with Gasteiger partial charge >= 0.3 is 0 Å². The van der Waals surface area contributed by atoms with Crippen LogP contribution < -0.4 is 0 Å². The van der Waals surface area contributed by atoms with Gasteiger partial charge in [-0.15, -0.1) is 0 Å². The van der Waals surface area contributed by atoms with Crippen molar-refractivity contribution in [2.24, 2.45) is 0 Å². The van der Waals surface area contributed by atoms with Crippen molar-refractivity contribution in [3.63, 3.8) is 0 Å². The molecule has 0 N–H and O–H groups in total. The normalized spacial score (nSPS) is 14.6. The number of aromatic nitrogens is 1. The fourth-order valence-electron chi connectivity index (χ4n) is 4.01. The minimum Gasteiger partial charge on any atom is -0.343 e. The lowest BCUT2D eigenvalue weighted by molar-refractivity contribution is -0.132. The number of benzene rings is 2. The van der Waals surface area contributed by atoms with E-state index in [-0.39, 0.29) is 5.91 Å². The lowest BCUT2D eigenvalue weighted by Gasteiger charge is -2.26. The Morgan fingerprint density at radius 2 is 1.67 bits per heavy atom. The molecule has 1 aromatic heterocycles. The summed E-state index contributed by atoms with van der Waals surface area (Å²) in [6.45, 7) is 2.58. The highest BCUT2D eigenvalue weighted by molar-refractivity contribution is 6.31. The third-order valence-corrected chi connectivity index (χ3v) is 5.86. The molecule has 1 saturated heterocycles. The molecule has 4 rings (SSSR count). The van der Waals surface area contributed by atoms with Gasteiger partial charge < -0.3 is 9.47 Å². The van der Waals surface area contributed by atoms with E-state index < -0.39 is 0 Å². The summed E-state index contributed by atoms with van der Waals surface area (Å²) >= 11 is 6.36. The molecule has 0 bridgehead atoms. The number of carbonyl (C=O) groups is 1. The molecule has 2 heterocycles. The summed E-state index contributed by atoms with van der Waals surface area (Å²) in [5.41, 5.74) is 3.54. The highest BCUT2D eigenvalue weighted by Gasteiger charge is 2.17. The van der Waals surface area contributed by atoms with Crippen molar-refractivity contribution >= 4 is 28.4 Å². The first kappa shape index (κ1) is 18.1. The number of fused-ring (bicyclic) bond motifs is 1. The van der Waals surface area contributed by atoms with Gasteiger partial charge in [-0.1, -0.05) is 48.0 Å². The quantitative estimate of drug-likeness (QED) is 0.590. The molecule has 3 aromatic rings. The van der Waals surface area contributed by atoms with E-state index in [0.29, 0.717) is 6.42 Å². The number of piperidine rings is 1. The third-order valence-electron chi connectivity index (χ3n) is 5.49. The average molecular weight is 381 g/mol. The molecule has 27 heavy (non-hydrogen) atoms. The zero-order valence-electron chi connectivity index (χ0n) is 15.5. The van der Waals surface area contributed by atoms with Gasteiger partial charge in [-0.2, -0.15) is 0 Å². The molecule has 1 aliphatic rings. The number of likely N-dealkylation sites (tertiary alicyclic amines) is 1. The first-order valence-corrected chi connectivity index (χ1v) is 10.2. The molecular weight excluding hydrogens is 356 g/mol. The summed E-state index contributed by atoms with van der Waals surface area (Å²) in [6.07, 6.45) is 7.09. The van der Waals surface area contributed by atoms with E-state index in [2.05, 4.69) is 41.1 Å². The minimum atomic E-state index is 0.289. The van der Waals surface area contributed by atoms with Crippen LogP contribution in [0.2, 0.25) is 5.02 Å². The maximum Gasteiger partial charge on any atom is 0.222 e. The number of halogens is 1. The Labute approximate surface area is 165 Å². The summed E-state index contributed by atoms with van der Waals surface area (Å²) < 4.78 is 2.25. The second-order valence-electron chi connectivity index (χ2n) is 7.33. The number of aryl methyl sites for hydroxylation is 1. The molecule has 0 spiro atoms. The molecule has 0 atom stereocenters. The zero-order chi connectivity index (χ0) is 18.6. The van der Waals surface area contributed by atoms with Crippen molar-refractivity contribution in [1.29, 1.82) is 0 Å². The van der Waals surface area contributed by atoms with E-state index in [1.807, 2.05) is 23.1 Å². The van der Waals surface area contributed by atoms with E-state index in [1.165, 1.54) is 22.9 Å². The van der Waals surface area contributed by atoms with Crippen LogP contribution in [0.3, 0.4) is 0 Å². The number of hydrogen-bond donors (Lipinski definition) is 0. The van der Waals surface area contributed by atoms with Gasteiger partial charge in [-0.3, -0.25) is 4.79 Å². The van der Waals surface area contributed by atoms with E-state index in [1.54, 1.807) is 0 Å². The Morgan fingerprint density at radius 1 is 0.926 bits per heavy atom. The second kappa shape index (κ2) is 8.18. The Kier molecular flexibility index (Phi) is 5.49. The molecular formula is C23H25ClN2O. The number of nitrogens with zero attached hydrogens (tertiary/aromatic N) is 2. The van der Waals surface area contributed by atoms with Gasteiger partial charge in [-0.05, 0) is 48.9 Å². The van der Waals surface area contributed by atoms with Crippen LogP contribution in [0.4, 0.5) is 0 Å². The maximum absolute atomic E-state index is 12.6. The molecule has 0 saturated carbocycles. The summed E-state index contributed by atoms with van der Waals surface area (Å²) in [5, 5.41) is 2.02. The van der Waals surface area contributed by atoms with Gasteiger partial charge in [0.2, 0.25) is 5.91 Å². The monoisotopic (exact) mass is 380 g/mol. The maximum atomic E-state index is 12.6. The Morgan fingerprint density at radius 3 is 2.48 bits per heavy atom. The summed E-state index contributed by atoms with van der Waals surface area (Å²) in [5.74, 6) is 0.289. The first-order chi connectivity index (χ1) is 13.2. The number of para-hydroxylation sites is 1. The third kappa shape index (κ3) is 4.03. The Balaban J connectivity index is 1.54. The van der Waals surface area contributed by atoms with Gasteiger partial charge in [0.25, 0.3) is 0 Å². The van der Waals surface area contributed by atoms with Crippen LogP contribution in [0.5, 0.6) is 0 Å². The lowest BCUT2D eigenvalue weighted by Crippen LogP contribution is -2.35. The smallest absolute Gasteiger partial charge is 0.222 e. The Hall–Kier alpha value is -2.26. The average Bonchev–Trinajstić information content (AvgIpc) is 3.06. The van der Waals surface area contributed by atoms with E-state index >= 15 is 0 Å². The Bertz CT molecular complexity index is 940. The molecule has 4 heteroatoms. The SMILES string of the molecule is O=C(CCc1cn(Cc2ccccc2Cl)c2ccccc12)N1CCCCC1. The number of rotatable bonds is 5. The number of hydrogen-bond acceptors (Lipinski definition) is 1. The van der Waals surface area contributed by atoms with E-state index in [4.69, 9.17) is 11.6 Å². The van der Waals surface area contributed by atoms with Crippen LogP contribution in [0.25, 0.3) is 10.9 Å². The van der Waals surface area contributed by atoms with Crippen LogP contribution in [-0.2, 0) is 17.8 Å². The van der Waals surface area contributed by atoms with Crippen LogP contribution in [0.1, 0.15) is 36.8 Å². The van der Waals surface area contributed by atoms with Crippen LogP contribution in [-0.4, -0.2) is 28.5 Å². The van der Waals surface area contributed by atoms with Crippen LogP contribution in [0, 0.1) is 0 Å². The molecule has 0 unspecified atom stereocenters. The van der Waals surface area contributed by atoms with E-state index in [9.17, 15) is 4.79 Å². The number of amides is 1. The zero-order valence-corrected chi connectivity index (χ0v) is 16.3. The fraction of sp³-hybridized carbons (Fsp3) is 0.348. The summed E-state index contributed by atoms with van der Waals surface area (Å²) in [6, 6.07) is 16.4. The van der Waals surface area contributed by atoms with Crippen LogP contribution >= 0.6 is 11.6 Å². The van der Waals surface area contributed by atoms with Gasteiger partial charge in [0, 0.05) is 48.2 Å². The molecule has 1 fully saturated rings. The van der Waals surface area contributed by atoms with Crippen molar-refractivity contribution in [2.75, 3.05) is 13.1 Å². The van der Waals surface area contributed by atoms with Crippen molar-refractivity contribution in [2.45, 2.75) is 38.6 Å². The molecule has 0 radical (unpaired) electrons. The standard InChI is InChI=1S/C23H25ClN2O/c24-21-10-4-2-8-19(21)17-26-16-18(20-9-3-5-11-22(20)26)12-13-23(27)25-14-6-1-7-15-25/h2-5,8-11,16H,1,6-7,12-15,17H2. The second-order valence-corrected chi connectivity index (χ2v) is 7.74. The minimum absolute atomic E-state index is 0.289. The van der Waals surface area contributed by atoms with Crippen molar-refractivity contribution in [3.8, 4) is 0 Å². The predicted molar refractivity (Wildman–Crippen MR) is 111 cm³/mol. The van der Waals surface area contributed by atoms with Crippen molar-refractivity contribution in [3.05, 3.63) is 70.9 Å².